The summed E-state index contributed by atoms with van der Waals surface area (Å²) in [6.45, 7) is 23.3. The van der Waals surface area contributed by atoms with Crippen molar-refractivity contribution in [1.29, 1.82) is 0 Å². The zero-order chi connectivity index (χ0) is 73.6. The molecule has 7 fully saturated rings. The first-order valence-corrected chi connectivity index (χ1v) is 35.4. The Morgan fingerprint density at radius 3 is 0.471 bits per heavy atom. The third-order valence-corrected chi connectivity index (χ3v) is 26.1. The molecule has 520 valence electrons. The van der Waals surface area contributed by atoms with Crippen molar-refractivity contribution in [2.75, 3.05) is 29.4 Å². The zero-order valence-corrected chi connectivity index (χ0v) is 59.8. The Morgan fingerprint density at radius 1 is 0.212 bits per heavy atom. The Bertz CT molecular complexity index is 4690. The van der Waals surface area contributed by atoms with Crippen molar-refractivity contribution in [2.24, 2.45) is 11.8 Å². The number of anilines is 6. The lowest BCUT2D eigenvalue weighted by molar-refractivity contribution is -0.284. The van der Waals surface area contributed by atoms with Gasteiger partial charge in [-0.3, -0.25) is 57.5 Å². The van der Waals surface area contributed by atoms with Crippen molar-refractivity contribution >= 4 is 105 Å². The monoisotopic (exact) mass is 1380 g/mol. The van der Waals surface area contributed by atoms with E-state index in [9.17, 15) is 57.5 Å². The highest BCUT2D eigenvalue weighted by Crippen LogP contribution is 2.92. The smallest absolute Gasteiger partial charge is 0.258 e. The fourth-order valence-corrected chi connectivity index (χ4v) is 23.3. The fraction of sp³-hybridized carbons (Fsp3) is 0.302. The summed E-state index contributed by atoms with van der Waals surface area (Å²) in [4.78, 5) is 175. The molecule has 18 nitrogen and oxygen atoms in total. The van der Waals surface area contributed by atoms with Crippen LogP contribution >= 0.6 is 0 Å². The Morgan fingerprint density at radius 2 is 0.337 bits per heavy atom. The molecule has 7 saturated carbocycles. The third-order valence-electron chi connectivity index (χ3n) is 26.1. The minimum Gasteiger partial charge on any atom is -0.269 e. The molecule has 4 unspecified atom stereocenters. The van der Waals surface area contributed by atoms with Crippen LogP contribution in [0.1, 0.15) is 139 Å². The van der Waals surface area contributed by atoms with Gasteiger partial charge in [-0.1, -0.05) is 72.8 Å². The van der Waals surface area contributed by atoms with E-state index < -0.39 is 115 Å². The second kappa shape index (κ2) is 21.6. The van der Waals surface area contributed by atoms with Crippen molar-refractivity contribution in [3.8, 4) is 0 Å². The van der Waals surface area contributed by atoms with Gasteiger partial charge in [0.15, 0.2) is 0 Å². The summed E-state index contributed by atoms with van der Waals surface area (Å²) >= 11 is 0. The lowest BCUT2D eigenvalue weighted by Crippen LogP contribution is -2.90. The molecular formula is C86H74N6O12. The van der Waals surface area contributed by atoms with Gasteiger partial charge in [0.1, 0.15) is 0 Å². The predicted molar refractivity (Wildman–Crippen MR) is 390 cm³/mol. The number of hydrogen-bond donors (Lipinski definition) is 0. The maximum Gasteiger partial charge on any atom is 0.258 e. The van der Waals surface area contributed by atoms with E-state index in [0.29, 0.717) is 139 Å². The Hall–Kier alpha value is -11.4. The molecule has 0 saturated heterocycles. The van der Waals surface area contributed by atoms with Gasteiger partial charge in [0.2, 0.25) is 0 Å². The Balaban J connectivity index is 1.06. The van der Waals surface area contributed by atoms with Gasteiger partial charge in [-0.15, -0.1) is 0 Å². The van der Waals surface area contributed by atoms with Gasteiger partial charge >= 0.3 is 0 Å². The van der Waals surface area contributed by atoms with Crippen molar-refractivity contribution in [3.63, 3.8) is 0 Å². The van der Waals surface area contributed by atoms with Crippen LogP contribution in [0.2, 0.25) is 0 Å². The quantitative estimate of drug-likeness (QED) is 0.104. The van der Waals surface area contributed by atoms with Gasteiger partial charge < -0.3 is 0 Å². The van der Waals surface area contributed by atoms with Crippen LogP contribution in [-0.2, 0) is 90.0 Å². The van der Waals surface area contributed by atoms with Crippen LogP contribution in [-0.4, -0.2) is 70.9 Å². The molecule has 0 spiro atoms. The summed E-state index contributed by atoms with van der Waals surface area (Å²) in [7, 11) is 0. The van der Waals surface area contributed by atoms with E-state index in [4.69, 9.17) is 0 Å². The molecular weight excluding hydrogens is 1310 g/mol. The number of benzene rings is 6. The first-order valence-electron chi connectivity index (χ1n) is 35.4. The van der Waals surface area contributed by atoms with Crippen LogP contribution < -0.4 is 29.4 Å². The molecule has 0 N–H and O–H groups in total. The molecule has 0 radical (unpaired) electrons. The summed E-state index contributed by atoms with van der Waals surface area (Å²) in [5.41, 5.74) is 10.9. The zero-order valence-electron chi connectivity index (χ0n) is 59.8. The number of amides is 12. The standard InChI is InChI=1S/C86H74N6O12/c1-43-25-55(26-44(2)75(43)87-63(93)13-14-64(87)94)81-37-61-85(59-33-51(9)79(52(10)34-59)91-71(101)21-22-72(91)102)41-82(56-27-45(3)76(46(4)28-56)88-65(95)15-16-66(88)96)38-62(83(85,39-81)57-29-47(5)77(48(6)30-57)89-67(97)17-18-68(89)98)84(40-81,58-31-49(7)78(50(8)32-58)90-69(99)19-20-70(90)100)86(61,42-82)60-35-53(11)80(54(12)36-60)92-73(103)23-24-74(92)104/h13-36,61-62H,37-42H2,1-12H3. The number of carbonyl (C=O) groups excluding carboxylic acids is 12. The van der Waals surface area contributed by atoms with Crippen molar-refractivity contribution in [1.82, 2.24) is 0 Å². The molecule has 7 aliphatic carbocycles. The largest absolute Gasteiger partial charge is 0.269 e. The normalized spacial score (nSPS) is 28.3. The molecule has 104 heavy (non-hydrogen) atoms. The number of imide groups is 6. The van der Waals surface area contributed by atoms with Crippen molar-refractivity contribution in [2.45, 2.75) is 154 Å². The molecule has 6 aromatic rings. The Labute approximate surface area is 600 Å². The summed E-state index contributed by atoms with van der Waals surface area (Å²) in [5.74, 6) is -6.56. The van der Waals surface area contributed by atoms with Gasteiger partial charge in [0.05, 0.1) is 34.1 Å². The van der Waals surface area contributed by atoms with Crippen LogP contribution in [0, 0.1) is 94.9 Å². The highest BCUT2D eigenvalue weighted by atomic mass is 16.2. The van der Waals surface area contributed by atoms with E-state index in [1.807, 2.05) is 83.1 Å². The average Bonchev–Trinajstić information content (AvgIpc) is 0.672. The Kier molecular flexibility index (Phi) is 13.7. The number of carbonyl (C=O) groups is 12. The SMILES string of the molecule is Cc1cc(C23CC4C5(c6cc(C)c(N7C(=O)C=CC7=O)c(C)c6)CC6(c7cc(C)c(N8C(=O)C=CC8=O)c(C)c7)CC(C5(c5cc(C)c(N7C(=O)C=CC7=O)c(C)c5)C2)C(c2cc(C)c(N5C(=O)C=CC5=O)c(C)c2)(C3)C4(c2cc(C)c(N3C(=O)C=CC3=O)c(C)c2)C6)cc(C)c1N1C(=O)C=CC1=O. The second-order valence-corrected chi connectivity index (χ2v) is 31.5. The molecule has 12 amide bonds. The molecule has 4 atom stereocenters. The van der Waals surface area contributed by atoms with Gasteiger partial charge in [-0.05, 0) is 244 Å². The van der Waals surface area contributed by atoms with E-state index >= 15 is 0 Å². The lowest BCUT2D eigenvalue weighted by Gasteiger charge is -2.90. The van der Waals surface area contributed by atoms with Crippen molar-refractivity contribution in [3.05, 3.63) is 246 Å². The van der Waals surface area contributed by atoms with E-state index in [0.717, 1.165) is 33.4 Å². The highest BCUT2D eigenvalue weighted by molar-refractivity contribution is 6.32. The van der Waals surface area contributed by atoms with Crippen molar-refractivity contribution < 1.29 is 57.5 Å². The minimum atomic E-state index is -1.06. The highest BCUT2D eigenvalue weighted by Gasteiger charge is 2.90. The van der Waals surface area contributed by atoms with Crippen LogP contribution in [0.15, 0.2) is 146 Å². The molecule has 19 rings (SSSR count). The van der Waals surface area contributed by atoms with Crippen LogP contribution in [0.3, 0.4) is 0 Å². The average molecular weight is 1380 g/mol. The third kappa shape index (κ3) is 8.16. The lowest BCUT2D eigenvalue weighted by atomic mass is 9.12. The summed E-state index contributed by atoms with van der Waals surface area (Å²) < 4.78 is 0. The van der Waals surface area contributed by atoms with Gasteiger partial charge in [0, 0.05) is 94.6 Å². The van der Waals surface area contributed by atoms with Gasteiger partial charge in [0.25, 0.3) is 70.9 Å². The maximum atomic E-state index is 14.1. The molecule has 0 aromatic heterocycles. The second-order valence-electron chi connectivity index (χ2n) is 31.5. The minimum absolute atomic E-state index is 0.454. The molecule has 8 bridgehead atoms. The van der Waals surface area contributed by atoms with E-state index in [-0.39, 0.29) is 0 Å². The molecule has 6 aliphatic heterocycles. The first kappa shape index (κ1) is 65.9. The van der Waals surface area contributed by atoms with Crippen LogP contribution in [0.25, 0.3) is 0 Å². The fourth-order valence-electron chi connectivity index (χ4n) is 23.3. The summed E-state index contributed by atoms with van der Waals surface area (Å²) in [5, 5.41) is 0. The summed E-state index contributed by atoms with van der Waals surface area (Å²) in [6, 6.07) is 26.1. The van der Waals surface area contributed by atoms with Crippen LogP contribution in [0.4, 0.5) is 34.1 Å². The number of rotatable bonds is 12. The van der Waals surface area contributed by atoms with E-state index in [1.54, 1.807) is 0 Å². The topological polar surface area (TPSA) is 224 Å². The van der Waals surface area contributed by atoms with Gasteiger partial charge in [-0.25, -0.2) is 29.4 Å². The molecule has 6 heterocycles. The maximum absolute atomic E-state index is 14.1. The number of aryl methyl sites for hydroxylation is 12. The summed E-state index contributed by atoms with van der Waals surface area (Å²) in [6.07, 6.45) is 18.3. The number of nitrogens with zero attached hydrogens (tertiary/aromatic N) is 6. The van der Waals surface area contributed by atoms with E-state index in [1.165, 1.54) is 102 Å². The number of hydrogen-bond acceptors (Lipinski definition) is 12. The molecule has 13 aliphatic rings. The van der Waals surface area contributed by atoms with Gasteiger partial charge in [-0.2, -0.15) is 0 Å². The molecule has 18 heteroatoms. The first-order chi connectivity index (χ1) is 49.3. The predicted octanol–water partition coefficient (Wildman–Crippen LogP) is 11.5. The van der Waals surface area contributed by atoms with E-state index in [2.05, 4.69) is 72.8 Å². The van der Waals surface area contributed by atoms with Crippen LogP contribution in [0.5, 0.6) is 0 Å². The molecule has 6 aromatic carbocycles.